The summed E-state index contributed by atoms with van der Waals surface area (Å²) in [4.78, 5) is 17.1. The fraction of sp³-hybridized carbons (Fsp3) is 0.429. The standard InChI is InChI=1S/C7H9N3OS.ClH/c11-7-3-8-1-2-10(7)6-4-12-5-9-6;/h4-5,8H,1-3H2;1H. The van der Waals surface area contributed by atoms with Crippen molar-refractivity contribution in [2.24, 2.45) is 0 Å². The Labute approximate surface area is 86.4 Å². The summed E-state index contributed by atoms with van der Waals surface area (Å²) in [6, 6.07) is 0. The average Bonchev–Trinajstić information content (AvgIpc) is 2.57. The van der Waals surface area contributed by atoms with Crippen LogP contribution in [0.15, 0.2) is 10.9 Å². The SMILES string of the molecule is Cl.O=C1CNCCN1c1cscn1. The zero-order chi connectivity index (χ0) is 8.39. The second-order valence-corrected chi connectivity index (χ2v) is 3.29. The molecule has 2 rings (SSSR count). The van der Waals surface area contributed by atoms with E-state index in [0.717, 1.165) is 18.9 Å². The molecule has 0 radical (unpaired) electrons. The van der Waals surface area contributed by atoms with Gasteiger partial charge in [0.2, 0.25) is 5.91 Å². The lowest BCUT2D eigenvalue weighted by atomic mass is 10.3. The number of anilines is 1. The normalized spacial score (nSPS) is 16.9. The molecule has 4 nitrogen and oxygen atoms in total. The summed E-state index contributed by atoms with van der Waals surface area (Å²) >= 11 is 1.51. The Balaban J connectivity index is 0.000000845. The van der Waals surface area contributed by atoms with Gasteiger partial charge in [0.1, 0.15) is 5.82 Å². The molecule has 0 saturated carbocycles. The maximum atomic E-state index is 11.3. The number of halogens is 1. The van der Waals surface area contributed by atoms with Crippen LogP contribution in [-0.4, -0.2) is 30.5 Å². The predicted octanol–water partition coefficient (Wildman–Crippen LogP) is 0.501. The number of rotatable bonds is 1. The van der Waals surface area contributed by atoms with Crippen molar-refractivity contribution in [3.63, 3.8) is 0 Å². The summed E-state index contributed by atoms with van der Waals surface area (Å²) in [6.45, 7) is 2.00. The highest BCUT2D eigenvalue weighted by molar-refractivity contribution is 7.07. The molecule has 6 heteroatoms. The molecule has 0 aromatic carbocycles. The van der Waals surface area contributed by atoms with Gasteiger partial charge in [0.25, 0.3) is 0 Å². The summed E-state index contributed by atoms with van der Waals surface area (Å²) < 4.78 is 0. The number of hydrogen-bond acceptors (Lipinski definition) is 4. The van der Waals surface area contributed by atoms with Gasteiger partial charge >= 0.3 is 0 Å². The van der Waals surface area contributed by atoms with Crippen molar-refractivity contribution in [2.75, 3.05) is 24.5 Å². The molecule has 1 aliphatic heterocycles. The van der Waals surface area contributed by atoms with Crippen LogP contribution >= 0.6 is 23.7 Å². The predicted molar refractivity (Wildman–Crippen MR) is 54.6 cm³/mol. The molecular formula is C7H10ClN3OS. The van der Waals surface area contributed by atoms with Gasteiger partial charge in [-0.15, -0.1) is 23.7 Å². The van der Waals surface area contributed by atoms with E-state index in [1.54, 1.807) is 10.4 Å². The quantitative estimate of drug-likeness (QED) is 0.749. The molecule has 2 heterocycles. The molecule has 1 fully saturated rings. The molecule has 0 bridgehead atoms. The number of carbonyl (C=O) groups is 1. The Morgan fingerprint density at radius 3 is 3.08 bits per heavy atom. The second kappa shape index (κ2) is 4.55. The molecule has 72 valence electrons. The lowest BCUT2D eigenvalue weighted by molar-refractivity contribution is -0.118. The minimum Gasteiger partial charge on any atom is -0.307 e. The third kappa shape index (κ3) is 2.18. The van der Waals surface area contributed by atoms with Crippen LogP contribution in [0, 0.1) is 0 Å². The number of amides is 1. The Morgan fingerprint density at radius 2 is 2.46 bits per heavy atom. The van der Waals surface area contributed by atoms with Crippen LogP contribution < -0.4 is 10.2 Å². The molecule has 13 heavy (non-hydrogen) atoms. The fourth-order valence-electron chi connectivity index (χ4n) is 1.19. The molecule has 0 unspecified atom stereocenters. The Kier molecular flexibility index (Phi) is 3.65. The van der Waals surface area contributed by atoms with Crippen LogP contribution in [0.1, 0.15) is 0 Å². The first-order valence-electron chi connectivity index (χ1n) is 3.77. The topological polar surface area (TPSA) is 45.2 Å². The minimum atomic E-state index is 0. The highest BCUT2D eigenvalue weighted by Gasteiger charge is 2.19. The van der Waals surface area contributed by atoms with Gasteiger partial charge in [0.05, 0.1) is 12.1 Å². The van der Waals surface area contributed by atoms with E-state index in [4.69, 9.17) is 0 Å². The van der Waals surface area contributed by atoms with Crippen molar-refractivity contribution >= 4 is 35.5 Å². The first kappa shape index (κ1) is 10.4. The van der Waals surface area contributed by atoms with Crippen LogP contribution in [-0.2, 0) is 4.79 Å². The number of nitrogens with zero attached hydrogens (tertiary/aromatic N) is 2. The van der Waals surface area contributed by atoms with E-state index in [9.17, 15) is 4.79 Å². The van der Waals surface area contributed by atoms with E-state index >= 15 is 0 Å². The van der Waals surface area contributed by atoms with Gasteiger partial charge in [-0.2, -0.15) is 0 Å². The number of aromatic nitrogens is 1. The van der Waals surface area contributed by atoms with Crippen LogP contribution in [0.25, 0.3) is 0 Å². The maximum absolute atomic E-state index is 11.3. The molecule has 1 saturated heterocycles. The van der Waals surface area contributed by atoms with E-state index in [-0.39, 0.29) is 18.3 Å². The van der Waals surface area contributed by atoms with E-state index in [1.165, 1.54) is 11.3 Å². The lowest BCUT2D eigenvalue weighted by Crippen LogP contribution is -2.48. The van der Waals surface area contributed by atoms with Gasteiger partial charge in [-0.25, -0.2) is 4.98 Å². The van der Waals surface area contributed by atoms with Gasteiger partial charge < -0.3 is 5.32 Å². The Bertz CT molecular complexity index is 277. The third-order valence-electron chi connectivity index (χ3n) is 1.79. The third-order valence-corrected chi connectivity index (χ3v) is 2.36. The number of thiazole rings is 1. The minimum absolute atomic E-state index is 0. The monoisotopic (exact) mass is 219 g/mol. The molecule has 1 aromatic heterocycles. The molecule has 1 N–H and O–H groups in total. The molecule has 0 spiro atoms. The van der Waals surface area contributed by atoms with E-state index in [0.29, 0.717) is 6.54 Å². The largest absolute Gasteiger partial charge is 0.307 e. The fourth-order valence-corrected chi connectivity index (χ4v) is 1.73. The van der Waals surface area contributed by atoms with Crippen molar-refractivity contribution in [2.45, 2.75) is 0 Å². The Hall–Kier alpha value is -0.650. The maximum Gasteiger partial charge on any atom is 0.242 e. The summed E-state index contributed by atoms with van der Waals surface area (Å²) in [5.41, 5.74) is 1.74. The number of carbonyl (C=O) groups excluding carboxylic acids is 1. The summed E-state index contributed by atoms with van der Waals surface area (Å²) in [7, 11) is 0. The van der Waals surface area contributed by atoms with Gasteiger partial charge in [0, 0.05) is 18.5 Å². The molecule has 0 aliphatic carbocycles. The summed E-state index contributed by atoms with van der Waals surface area (Å²) in [5.74, 6) is 0.888. The van der Waals surface area contributed by atoms with E-state index in [2.05, 4.69) is 10.3 Å². The Morgan fingerprint density at radius 1 is 1.62 bits per heavy atom. The first-order valence-corrected chi connectivity index (χ1v) is 4.71. The summed E-state index contributed by atoms with van der Waals surface area (Å²) in [6.07, 6.45) is 0. The molecule has 1 aromatic rings. The van der Waals surface area contributed by atoms with Crippen LogP contribution in [0.5, 0.6) is 0 Å². The number of piperazine rings is 1. The van der Waals surface area contributed by atoms with Crippen molar-refractivity contribution in [3.8, 4) is 0 Å². The van der Waals surface area contributed by atoms with Gasteiger partial charge in [-0.05, 0) is 0 Å². The van der Waals surface area contributed by atoms with Gasteiger partial charge in [-0.3, -0.25) is 9.69 Å². The zero-order valence-electron chi connectivity index (χ0n) is 6.90. The molecule has 1 amide bonds. The van der Waals surface area contributed by atoms with Gasteiger partial charge in [-0.1, -0.05) is 0 Å². The first-order chi connectivity index (χ1) is 5.88. The van der Waals surface area contributed by atoms with Crippen molar-refractivity contribution in [1.29, 1.82) is 0 Å². The van der Waals surface area contributed by atoms with Crippen molar-refractivity contribution in [3.05, 3.63) is 10.9 Å². The van der Waals surface area contributed by atoms with Crippen molar-refractivity contribution in [1.82, 2.24) is 10.3 Å². The van der Waals surface area contributed by atoms with E-state index < -0.39 is 0 Å². The molecule has 0 atom stereocenters. The zero-order valence-corrected chi connectivity index (χ0v) is 8.53. The van der Waals surface area contributed by atoms with Crippen LogP contribution in [0.2, 0.25) is 0 Å². The summed E-state index contributed by atoms with van der Waals surface area (Å²) in [5, 5.41) is 4.90. The average molecular weight is 220 g/mol. The van der Waals surface area contributed by atoms with E-state index in [1.807, 2.05) is 5.38 Å². The van der Waals surface area contributed by atoms with Gasteiger partial charge in [0.15, 0.2) is 0 Å². The van der Waals surface area contributed by atoms with Crippen LogP contribution in [0.4, 0.5) is 5.82 Å². The molecule has 1 aliphatic rings. The lowest BCUT2D eigenvalue weighted by Gasteiger charge is -2.25. The highest BCUT2D eigenvalue weighted by Crippen LogP contribution is 2.14. The van der Waals surface area contributed by atoms with Crippen molar-refractivity contribution < 1.29 is 4.79 Å². The highest BCUT2D eigenvalue weighted by atomic mass is 35.5. The number of nitrogens with one attached hydrogen (secondary N) is 1. The smallest absolute Gasteiger partial charge is 0.242 e. The number of hydrogen-bond donors (Lipinski definition) is 1. The molecular weight excluding hydrogens is 210 g/mol. The second-order valence-electron chi connectivity index (χ2n) is 2.57. The van der Waals surface area contributed by atoms with Crippen LogP contribution in [0.3, 0.4) is 0 Å².